The number of methoxy groups -OCH3 is 1. The molecule has 5 heteroatoms. The van der Waals surface area contributed by atoms with E-state index < -0.39 is 11.8 Å². The fraction of sp³-hybridized carbons (Fsp3) is 0.100. The molecule has 0 amide bonds. The molecule has 0 unspecified atom stereocenters. The Balaban J connectivity index is 2.65. The minimum Gasteiger partial charge on any atom is -0.464 e. The van der Waals surface area contributed by atoms with Gasteiger partial charge in [0, 0.05) is 11.1 Å². The molecule has 1 aromatic carbocycles. The summed E-state index contributed by atoms with van der Waals surface area (Å²) < 4.78 is 17.5. The Morgan fingerprint density at radius 2 is 2.20 bits per heavy atom. The number of aromatic nitrogens is 1. The number of aromatic amines is 1. The summed E-state index contributed by atoms with van der Waals surface area (Å²) in [6.07, 6.45) is 0. The van der Waals surface area contributed by atoms with Crippen molar-refractivity contribution in [2.45, 2.75) is 0 Å². The van der Waals surface area contributed by atoms with Crippen LogP contribution in [-0.4, -0.2) is 18.1 Å². The van der Waals surface area contributed by atoms with Gasteiger partial charge in [-0.25, -0.2) is 9.18 Å². The molecule has 0 bridgehead atoms. The van der Waals surface area contributed by atoms with Gasteiger partial charge in [0.1, 0.15) is 11.5 Å². The molecule has 2 aromatic rings. The van der Waals surface area contributed by atoms with E-state index in [9.17, 15) is 9.18 Å². The second kappa shape index (κ2) is 3.27. The van der Waals surface area contributed by atoms with E-state index in [4.69, 9.17) is 5.73 Å². The molecular weight excluding hydrogens is 199 g/mol. The van der Waals surface area contributed by atoms with Crippen LogP contribution in [0.25, 0.3) is 10.9 Å². The van der Waals surface area contributed by atoms with Gasteiger partial charge < -0.3 is 15.5 Å². The molecule has 15 heavy (non-hydrogen) atoms. The molecular formula is C10H9FN2O2. The first-order valence-electron chi connectivity index (χ1n) is 4.28. The first-order valence-corrected chi connectivity index (χ1v) is 4.28. The zero-order valence-electron chi connectivity index (χ0n) is 8.00. The van der Waals surface area contributed by atoms with Gasteiger partial charge in [0.15, 0.2) is 0 Å². The number of benzene rings is 1. The molecule has 0 fully saturated rings. The van der Waals surface area contributed by atoms with Crippen molar-refractivity contribution in [1.82, 2.24) is 4.98 Å². The predicted molar refractivity (Wildman–Crippen MR) is 54.0 cm³/mol. The minimum absolute atomic E-state index is 0.254. The standard InChI is InChI=1S/C10H9FN2O2/c1-15-10(14)9-4-6-7(12)2-5(11)3-8(6)13-9/h2-4,13H,12H2,1H3. The van der Waals surface area contributed by atoms with Gasteiger partial charge in [0.05, 0.1) is 12.6 Å². The van der Waals surface area contributed by atoms with Crippen LogP contribution in [0.2, 0.25) is 0 Å². The number of nitrogen functional groups attached to an aromatic ring is 1. The molecule has 4 nitrogen and oxygen atoms in total. The highest BCUT2D eigenvalue weighted by atomic mass is 19.1. The smallest absolute Gasteiger partial charge is 0.354 e. The van der Waals surface area contributed by atoms with Crippen LogP contribution in [0, 0.1) is 5.82 Å². The van der Waals surface area contributed by atoms with E-state index in [1.54, 1.807) is 0 Å². The first-order chi connectivity index (χ1) is 7.11. The number of hydrogen-bond donors (Lipinski definition) is 2. The van der Waals surface area contributed by atoms with Crippen LogP contribution in [0.3, 0.4) is 0 Å². The number of carbonyl (C=O) groups excluding carboxylic acids is 1. The summed E-state index contributed by atoms with van der Waals surface area (Å²) in [5, 5.41) is 0.608. The SMILES string of the molecule is COC(=O)c1cc2c(N)cc(F)cc2[nH]1. The Labute approximate surface area is 84.8 Å². The summed E-state index contributed by atoms with van der Waals surface area (Å²) in [5.41, 5.74) is 6.62. The molecule has 0 aliphatic carbocycles. The van der Waals surface area contributed by atoms with Crippen molar-refractivity contribution >= 4 is 22.6 Å². The Bertz CT molecular complexity index is 533. The molecule has 78 valence electrons. The van der Waals surface area contributed by atoms with Gasteiger partial charge in [-0.3, -0.25) is 0 Å². The van der Waals surface area contributed by atoms with E-state index in [2.05, 4.69) is 9.72 Å². The lowest BCUT2D eigenvalue weighted by Gasteiger charge is -1.95. The van der Waals surface area contributed by atoms with Crippen LogP contribution in [0.15, 0.2) is 18.2 Å². The van der Waals surface area contributed by atoms with E-state index >= 15 is 0 Å². The first kappa shape index (κ1) is 9.51. The van der Waals surface area contributed by atoms with Gasteiger partial charge >= 0.3 is 5.97 Å². The number of nitrogens with one attached hydrogen (secondary N) is 1. The Morgan fingerprint density at radius 1 is 1.47 bits per heavy atom. The number of carbonyl (C=O) groups is 1. The van der Waals surface area contributed by atoms with Crippen molar-refractivity contribution < 1.29 is 13.9 Å². The van der Waals surface area contributed by atoms with E-state index in [1.165, 1.54) is 25.3 Å². The lowest BCUT2D eigenvalue weighted by molar-refractivity contribution is 0.0595. The van der Waals surface area contributed by atoms with Crippen LogP contribution in [0.1, 0.15) is 10.5 Å². The number of esters is 1. The normalized spacial score (nSPS) is 10.5. The maximum atomic E-state index is 13.0. The Morgan fingerprint density at radius 3 is 2.87 bits per heavy atom. The van der Waals surface area contributed by atoms with Crippen LogP contribution >= 0.6 is 0 Å². The number of fused-ring (bicyclic) bond motifs is 1. The summed E-state index contributed by atoms with van der Waals surface area (Å²) >= 11 is 0. The number of rotatable bonds is 1. The monoisotopic (exact) mass is 208 g/mol. The molecule has 2 rings (SSSR count). The predicted octanol–water partition coefficient (Wildman–Crippen LogP) is 1.68. The van der Waals surface area contributed by atoms with Crippen LogP contribution in [0.4, 0.5) is 10.1 Å². The zero-order chi connectivity index (χ0) is 11.0. The maximum absolute atomic E-state index is 13.0. The zero-order valence-corrected chi connectivity index (χ0v) is 8.00. The lowest BCUT2D eigenvalue weighted by atomic mass is 10.2. The van der Waals surface area contributed by atoms with Crippen molar-refractivity contribution in [2.75, 3.05) is 12.8 Å². The van der Waals surface area contributed by atoms with Crippen LogP contribution < -0.4 is 5.73 Å². The topological polar surface area (TPSA) is 68.1 Å². The van der Waals surface area contributed by atoms with Gasteiger partial charge in [-0.1, -0.05) is 0 Å². The number of nitrogens with two attached hydrogens (primary N) is 1. The number of halogens is 1. The summed E-state index contributed by atoms with van der Waals surface area (Å²) in [6, 6.07) is 4.02. The van der Waals surface area contributed by atoms with Crippen molar-refractivity contribution in [3.8, 4) is 0 Å². The summed E-state index contributed by atoms with van der Waals surface area (Å²) in [7, 11) is 1.28. The van der Waals surface area contributed by atoms with E-state index in [1.807, 2.05) is 0 Å². The fourth-order valence-electron chi connectivity index (χ4n) is 1.45. The van der Waals surface area contributed by atoms with Crippen molar-refractivity contribution in [1.29, 1.82) is 0 Å². The molecule has 1 aromatic heterocycles. The molecule has 0 atom stereocenters. The summed E-state index contributed by atoms with van der Waals surface area (Å²) in [6.45, 7) is 0. The number of H-pyrrole nitrogens is 1. The largest absolute Gasteiger partial charge is 0.464 e. The average molecular weight is 208 g/mol. The van der Waals surface area contributed by atoms with E-state index in [0.29, 0.717) is 10.9 Å². The molecule has 0 saturated heterocycles. The molecule has 0 spiro atoms. The van der Waals surface area contributed by atoms with Crippen LogP contribution in [-0.2, 0) is 4.74 Å². The third-order valence-corrected chi connectivity index (χ3v) is 2.14. The van der Waals surface area contributed by atoms with Crippen molar-refractivity contribution in [2.24, 2.45) is 0 Å². The molecule has 0 aliphatic rings. The van der Waals surface area contributed by atoms with E-state index in [-0.39, 0.29) is 11.4 Å². The minimum atomic E-state index is -0.508. The van der Waals surface area contributed by atoms with Crippen molar-refractivity contribution in [3.63, 3.8) is 0 Å². The van der Waals surface area contributed by atoms with Crippen molar-refractivity contribution in [3.05, 3.63) is 29.7 Å². The number of hydrogen-bond acceptors (Lipinski definition) is 3. The average Bonchev–Trinajstić information content (AvgIpc) is 2.60. The molecule has 0 aliphatic heterocycles. The van der Waals surface area contributed by atoms with Crippen LogP contribution in [0.5, 0.6) is 0 Å². The molecule has 3 N–H and O–H groups in total. The van der Waals surface area contributed by atoms with Gasteiger partial charge in [0.2, 0.25) is 0 Å². The number of anilines is 1. The quantitative estimate of drug-likeness (QED) is 0.553. The third kappa shape index (κ3) is 1.52. The van der Waals surface area contributed by atoms with E-state index in [0.717, 1.165) is 0 Å². The fourth-order valence-corrected chi connectivity index (χ4v) is 1.45. The Hall–Kier alpha value is -2.04. The third-order valence-electron chi connectivity index (χ3n) is 2.14. The highest BCUT2D eigenvalue weighted by Crippen LogP contribution is 2.23. The summed E-state index contributed by atoms with van der Waals surface area (Å²) in [4.78, 5) is 13.9. The second-order valence-corrected chi connectivity index (χ2v) is 3.13. The highest BCUT2D eigenvalue weighted by molar-refractivity contribution is 5.99. The number of ether oxygens (including phenoxy) is 1. The molecule has 0 radical (unpaired) electrons. The Kier molecular flexibility index (Phi) is 2.07. The summed E-state index contributed by atoms with van der Waals surface area (Å²) in [5.74, 6) is -0.954. The highest BCUT2D eigenvalue weighted by Gasteiger charge is 2.11. The maximum Gasteiger partial charge on any atom is 0.354 e. The van der Waals surface area contributed by atoms with Gasteiger partial charge in [0.25, 0.3) is 0 Å². The second-order valence-electron chi connectivity index (χ2n) is 3.13. The van der Waals surface area contributed by atoms with Gasteiger partial charge in [-0.05, 0) is 18.2 Å². The molecule has 0 saturated carbocycles. The molecule has 1 heterocycles. The van der Waals surface area contributed by atoms with Gasteiger partial charge in [-0.15, -0.1) is 0 Å². The lowest BCUT2D eigenvalue weighted by Crippen LogP contribution is -2.00. The van der Waals surface area contributed by atoms with Gasteiger partial charge in [-0.2, -0.15) is 0 Å².